The molecule has 0 saturated carbocycles. The summed E-state index contributed by atoms with van der Waals surface area (Å²) in [6.07, 6.45) is 1.28. The molecule has 2 nitrogen and oxygen atoms in total. The Bertz CT molecular complexity index is 121. The van der Waals surface area contributed by atoms with Crippen molar-refractivity contribution in [1.29, 1.82) is 0 Å². The monoisotopic (exact) mass is 170 g/mol. The first-order valence-electron chi connectivity index (χ1n) is 5.20. The van der Waals surface area contributed by atoms with Crippen LogP contribution >= 0.6 is 0 Å². The highest BCUT2D eigenvalue weighted by atomic mass is 15.2. The van der Waals surface area contributed by atoms with Gasteiger partial charge in [0.2, 0.25) is 0 Å². The summed E-state index contributed by atoms with van der Waals surface area (Å²) in [6, 6.07) is 0.763. The highest BCUT2D eigenvalue weighted by molar-refractivity contribution is 4.81. The first-order chi connectivity index (χ1) is 5.75. The number of nitrogens with zero attached hydrogens (tertiary/aromatic N) is 1. The lowest BCUT2D eigenvalue weighted by Crippen LogP contribution is -2.53. The molecule has 0 aliphatic carbocycles. The van der Waals surface area contributed by atoms with E-state index in [-0.39, 0.29) is 0 Å². The lowest BCUT2D eigenvalue weighted by atomic mass is 10.0. The van der Waals surface area contributed by atoms with Crippen LogP contribution in [-0.4, -0.2) is 37.1 Å². The molecule has 12 heavy (non-hydrogen) atoms. The van der Waals surface area contributed by atoms with Crippen molar-refractivity contribution in [2.75, 3.05) is 26.2 Å². The average molecular weight is 170 g/mol. The molecule has 0 aromatic rings. The molecular weight excluding hydrogens is 148 g/mol. The Morgan fingerprint density at radius 1 is 1.50 bits per heavy atom. The molecule has 1 atom stereocenters. The van der Waals surface area contributed by atoms with Crippen LogP contribution in [0.25, 0.3) is 0 Å². The van der Waals surface area contributed by atoms with E-state index in [1.807, 2.05) is 0 Å². The minimum atomic E-state index is 0.763. The number of hydrogen-bond acceptors (Lipinski definition) is 2. The summed E-state index contributed by atoms with van der Waals surface area (Å²) in [5, 5.41) is 3.46. The molecule has 2 heteroatoms. The summed E-state index contributed by atoms with van der Waals surface area (Å²) in [5.74, 6) is 0.782. The van der Waals surface area contributed by atoms with Crippen LogP contribution < -0.4 is 5.32 Å². The van der Waals surface area contributed by atoms with Gasteiger partial charge in [0.15, 0.2) is 0 Å². The first-order valence-corrected chi connectivity index (χ1v) is 5.20. The zero-order valence-electron chi connectivity index (χ0n) is 8.64. The lowest BCUT2D eigenvalue weighted by Gasteiger charge is -2.38. The van der Waals surface area contributed by atoms with E-state index in [1.165, 1.54) is 32.6 Å². The van der Waals surface area contributed by atoms with Crippen LogP contribution in [0.5, 0.6) is 0 Å². The van der Waals surface area contributed by atoms with Crippen LogP contribution in [0.1, 0.15) is 27.2 Å². The van der Waals surface area contributed by atoms with Crippen molar-refractivity contribution in [3.63, 3.8) is 0 Å². The number of rotatable bonds is 3. The van der Waals surface area contributed by atoms with Crippen molar-refractivity contribution in [3.05, 3.63) is 0 Å². The van der Waals surface area contributed by atoms with E-state index in [0.29, 0.717) is 0 Å². The third kappa shape index (κ3) is 2.46. The smallest absolute Gasteiger partial charge is 0.0244 e. The third-order valence-corrected chi connectivity index (χ3v) is 2.68. The van der Waals surface area contributed by atoms with Gasteiger partial charge in [0.25, 0.3) is 0 Å². The molecule has 0 aromatic heterocycles. The predicted molar refractivity (Wildman–Crippen MR) is 53.4 cm³/mol. The van der Waals surface area contributed by atoms with Crippen LogP contribution in [0, 0.1) is 5.92 Å². The Morgan fingerprint density at radius 3 is 2.83 bits per heavy atom. The van der Waals surface area contributed by atoms with Crippen LogP contribution in [-0.2, 0) is 0 Å². The summed E-state index contributed by atoms with van der Waals surface area (Å²) in [5.41, 5.74) is 0. The second kappa shape index (κ2) is 4.83. The summed E-state index contributed by atoms with van der Waals surface area (Å²) in [7, 11) is 0. The lowest BCUT2D eigenvalue weighted by molar-refractivity contribution is 0.125. The number of hydrogen-bond donors (Lipinski definition) is 1. The topological polar surface area (TPSA) is 15.3 Å². The minimum Gasteiger partial charge on any atom is -0.314 e. The van der Waals surface area contributed by atoms with E-state index in [9.17, 15) is 0 Å². The summed E-state index contributed by atoms with van der Waals surface area (Å²) < 4.78 is 0. The SMILES string of the molecule is CCCN1CCNCC1C(C)C. The zero-order valence-corrected chi connectivity index (χ0v) is 8.64. The van der Waals surface area contributed by atoms with Gasteiger partial charge in [0.1, 0.15) is 0 Å². The van der Waals surface area contributed by atoms with Crippen LogP contribution in [0.2, 0.25) is 0 Å². The molecule has 72 valence electrons. The van der Waals surface area contributed by atoms with Gasteiger partial charge in [0, 0.05) is 25.7 Å². The van der Waals surface area contributed by atoms with Crippen molar-refractivity contribution in [2.24, 2.45) is 5.92 Å². The Morgan fingerprint density at radius 2 is 2.25 bits per heavy atom. The van der Waals surface area contributed by atoms with Crippen molar-refractivity contribution in [1.82, 2.24) is 10.2 Å². The van der Waals surface area contributed by atoms with E-state index in [2.05, 4.69) is 31.0 Å². The maximum atomic E-state index is 3.46. The quantitative estimate of drug-likeness (QED) is 0.687. The fraction of sp³-hybridized carbons (Fsp3) is 1.00. The van der Waals surface area contributed by atoms with Gasteiger partial charge in [-0.15, -0.1) is 0 Å². The highest BCUT2D eigenvalue weighted by Crippen LogP contribution is 2.12. The molecule has 1 N–H and O–H groups in total. The predicted octanol–water partition coefficient (Wildman–Crippen LogP) is 1.33. The third-order valence-electron chi connectivity index (χ3n) is 2.68. The van der Waals surface area contributed by atoms with Crippen LogP contribution in [0.4, 0.5) is 0 Å². The molecule has 0 radical (unpaired) electrons. The Labute approximate surface area is 76.3 Å². The molecular formula is C10H22N2. The molecule has 1 aliphatic heterocycles. The summed E-state index contributed by atoms with van der Waals surface area (Å²) >= 11 is 0. The van der Waals surface area contributed by atoms with Gasteiger partial charge in [-0.05, 0) is 18.9 Å². The highest BCUT2D eigenvalue weighted by Gasteiger charge is 2.23. The molecule has 1 aliphatic rings. The first kappa shape index (κ1) is 10.0. The van der Waals surface area contributed by atoms with Gasteiger partial charge in [-0.1, -0.05) is 20.8 Å². The van der Waals surface area contributed by atoms with E-state index < -0.39 is 0 Å². The molecule has 1 unspecified atom stereocenters. The van der Waals surface area contributed by atoms with Crippen LogP contribution in [0.3, 0.4) is 0 Å². The summed E-state index contributed by atoms with van der Waals surface area (Å²) in [6.45, 7) is 11.8. The van der Waals surface area contributed by atoms with Gasteiger partial charge < -0.3 is 5.32 Å². The molecule has 1 fully saturated rings. The zero-order chi connectivity index (χ0) is 8.97. The molecule has 1 rings (SSSR count). The van der Waals surface area contributed by atoms with Gasteiger partial charge in [-0.25, -0.2) is 0 Å². The van der Waals surface area contributed by atoms with Gasteiger partial charge in [0.05, 0.1) is 0 Å². The average Bonchev–Trinajstić information content (AvgIpc) is 2.05. The fourth-order valence-electron chi connectivity index (χ4n) is 1.99. The fourth-order valence-corrected chi connectivity index (χ4v) is 1.99. The standard InChI is InChI=1S/C10H22N2/c1-4-6-12-7-5-11-8-10(12)9(2)3/h9-11H,4-8H2,1-3H3. The molecule has 0 amide bonds. The van der Waals surface area contributed by atoms with Crippen LogP contribution in [0.15, 0.2) is 0 Å². The maximum Gasteiger partial charge on any atom is 0.0244 e. The normalized spacial score (nSPS) is 26.5. The van der Waals surface area contributed by atoms with Gasteiger partial charge in [-0.2, -0.15) is 0 Å². The van der Waals surface area contributed by atoms with Gasteiger partial charge in [-0.3, -0.25) is 4.90 Å². The minimum absolute atomic E-state index is 0.763. The van der Waals surface area contributed by atoms with Crippen molar-refractivity contribution >= 4 is 0 Å². The van der Waals surface area contributed by atoms with E-state index >= 15 is 0 Å². The Balaban J connectivity index is 2.42. The Kier molecular flexibility index (Phi) is 4.02. The maximum absolute atomic E-state index is 3.46. The molecule has 0 spiro atoms. The van der Waals surface area contributed by atoms with E-state index in [0.717, 1.165) is 12.0 Å². The Hall–Kier alpha value is -0.0800. The van der Waals surface area contributed by atoms with E-state index in [1.54, 1.807) is 0 Å². The molecule has 1 saturated heterocycles. The van der Waals surface area contributed by atoms with Crippen molar-refractivity contribution < 1.29 is 0 Å². The molecule has 0 aromatic carbocycles. The second-order valence-electron chi connectivity index (χ2n) is 4.05. The second-order valence-corrected chi connectivity index (χ2v) is 4.05. The molecule has 0 bridgehead atoms. The van der Waals surface area contributed by atoms with Gasteiger partial charge >= 0.3 is 0 Å². The van der Waals surface area contributed by atoms with Crippen molar-refractivity contribution in [3.8, 4) is 0 Å². The number of piperazine rings is 1. The largest absolute Gasteiger partial charge is 0.314 e. The number of nitrogens with one attached hydrogen (secondary N) is 1. The van der Waals surface area contributed by atoms with Crippen molar-refractivity contribution in [2.45, 2.75) is 33.2 Å². The summed E-state index contributed by atoms with van der Waals surface area (Å²) in [4.78, 5) is 2.63. The molecule has 1 heterocycles. The van der Waals surface area contributed by atoms with E-state index in [4.69, 9.17) is 0 Å².